The summed E-state index contributed by atoms with van der Waals surface area (Å²) in [6.07, 6.45) is 0.799. The van der Waals surface area contributed by atoms with E-state index in [-0.39, 0.29) is 11.7 Å². The van der Waals surface area contributed by atoms with Crippen LogP contribution in [0.3, 0.4) is 0 Å². The maximum absolute atomic E-state index is 11.8. The highest BCUT2D eigenvalue weighted by Crippen LogP contribution is 2.23. The number of aromatic nitrogens is 4. The summed E-state index contributed by atoms with van der Waals surface area (Å²) in [4.78, 5) is 11.8. The van der Waals surface area contributed by atoms with Crippen molar-refractivity contribution in [1.29, 1.82) is 0 Å². The first-order valence-corrected chi connectivity index (χ1v) is 8.35. The quantitative estimate of drug-likeness (QED) is 0.582. The van der Waals surface area contributed by atoms with Crippen molar-refractivity contribution in [3.05, 3.63) is 29.3 Å². The zero-order valence-electron chi connectivity index (χ0n) is 13.6. The Bertz CT molecular complexity index is 639. The molecule has 0 bridgehead atoms. The van der Waals surface area contributed by atoms with Gasteiger partial charge in [-0.2, -0.15) is 4.68 Å². The fourth-order valence-corrected chi connectivity index (χ4v) is 2.88. The normalized spacial score (nSPS) is 10.7. The van der Waals surface area contributed by atoms with Crippen LogP contribution in [-0.4, -0.2) is 52.1 Å². The largest absolute Gasteiger partial charge is 0.385 e. The van der Waals surface area contributed by atoms with Crippen LogP contribution in [0.1, 0.15) is 17.5 Å². The lowest BCUT2D eigenvalue weighted by Crippen LogP contribution is -2.27. The highest BCUT2D eigenvalue weighted by molar-refractivity contribution is 7.99. The zero-order chi connectivity index (χ0) is 16.7. The number of nitrogens with zero attached hydrogens (tertiary/aromatic N) is 4. The number of hydrogen-bond acceptors (Lipinski definition) is 6. The number of tetrazole rings is 1. The Morgan fingerprint density at radius 3 is 2.78 bits per heavy atom. The molecular weight excluding hydrogens is 314 g/mol. The van der Waals surface area contributed by atoms with Gasteiger partial charge in [-0.25, -0.2) is 0 Å². The average molecular weight is 335 g/mol. The zero-order valence-corrected chi connectivity index (χ0v) is 14.4. The number of aryl methyl sites for hydroxylation is 2. The van der Waals surface area contributed by atoms with E-state index in [9.17, 15) is 4.79 Å². The first kappa shape index (κ1) is 17.4. The van der Waals surface area contributed by atoms with E-state index in [0.29, 0.717) is 18.3 Å². The second-order valence-electron chi connectivity index (χ2n) is 5.10. The van der Waals surface area contributed by atoms with Crippen LogP contribution >= 0.6 is 11.8 Å². The molecule has 0 aliphatic carbocycles. The van der Waals surface area contributed by atoms with Crippen molar-refractivity contribution in [1.82, 2.24) is 25.5 Å². The highest BCUT2D eigenvalue weighted by atomic mass is 32.2. The Morgan fingerprint density at radius 1 is 1.35 bits per heavy atom. The van der Waals surface area contributed by atoms with Crippen LogP contribution < -0.4 is 5.32 Å². The molecule has 1 heterocycles. The van der Waals surface area contributed by atoms with Crippen molar-refractivity contribution >= 4 is 17.7 Å². The molecule has 1 aromatic carbocycles. The number of thioether (sulfide) groups is 1. The smallest absolute Gasteiger partial charge is 0.230 e. The molecule has 1 amide bonds. The van der Waals surface area contributed by atoms with Gasteiger partial charge in [0.15, 0.2) is 0 Å². The molecule has 1 aromatic heterocycles. The molecule has 0 fully saturated rings. The van der Waals surface area contributed by atoms with Crippen molar-refractivity contribution in [2.24, 2.45) is 0 Å². The van der Waals surface area contributed by atoms with E-state index in [1.807, 2.05) is 32.0 Å². The Hall–Kier alpha value is -1.93. The van der Waals surface area contributed by atoms with Crippen LogP contribution in [0.25, 0.3) is 5.69 Å². The van der Waals surface area contributed by atoms with Crippen LogP contribution in [0, 0.1) is 13.8 Å². The number of carbonyl (C=O) groups excluding carboxylic acids is 1. The number of nitrogens with one attached hydrogen (secondary N) is 1. The third kappa shape index (κ3) is 4.77. The fourth-order valence-electron chi connectivity index (χ4n) is 2.17. The summed E-state index contributed by atoms with van der Waals surface area (Å²) in [5, 5.41) is 15.3. The summed E-state index contributed by atoms with van der Waals surface area (Å²) in [5.41, 5.74) is 3.13. The van der Waals surface area contributed by atoms with Crippen molar-refractivity contribution in [2.75, 3.05) is 26.0 Å². The number of amides is 1. The fraction of sp³-hybridized carbons (Fsp3) is 0.467. The molecule has 0 radical (unpaired) electrons. The molecule has 1 N–H and O–H groups in total. The standard InChI is InChI=1S/C15H21N5O2S/c1-11-6-4-7-12(2)14(11)20-15(17-18-19-20)23-10-13(21)16-8-5-9-22-3/h4,6-7H,5,8-10H2,1-3H3,(H,16,21). The van der Waals surface area contributed by atoms with Gasteiger partial charge in [0.1, 0.15) is 0 Å². The number of hydrogen-bond donors (Lipinski definition) is 1. The molecule has 0 aliphatic rings. The topological polar surface area (TPSA) is 81.9 Å². The van der Waals surface area contributed by atoms with E-state index in [1.165, 1.54) is 11.8 Å². The summed E-state index contributed by atoms with van der Waals surface area (Å²) in [7, 11) is 1.64. The van der Waals surface area contributed by atoms with Gasteiger partial charge in [0.25, 0.3) is 0 Å². The summed E-state index contributed by atoms with van der Waals surface area (Å²) in [6.45, 7) is 5.27. The number of ether oxygens (including phenoxy) is 1. The van der Waals surface area contributed by atoms with E-state index in [1.54, 1.807) is 11.8 Å². The maximum atomic E-state index is 11.8. The van der Waals surface area contributed by atoms with Crippen molar-refractivity contribution < 1.29 is 9.53 Å². The Morgan fingerprint density at radius 2 is 2.09 bits per heavy atom. The molecule has 0 aliphatic heterocycles. The Labute approximate surface area is 139 Å². The third-order valence-electron chi connectivity index (χ3n) is 3.27. The lowest BCUT2D eigenvalue weighted by Gasteiger charge is -2.10. The first-order valence-electron chi connectivity index (χ1n) is 7.37. The van der Waals surface area contributed by atoms with Gasteiger partial charge in [0.2, 0.25) is 11.1 Å². The molecule has 0 atom stereocenters. The maximum Gasteiger partial charge on any atom is 0.230 e. The average Bonchev–Trinajstić information content (AvgIpc) is 2.98. The molecule has 0 unspecified atom stereocenters. The van der Waals surface area contributed by atoms with Crippen LogP contribution in [0.4, 0.5) is 0 Å². The molecule has 0 spiro atoms. The van der Waals surface area contributed by atoms with E-state index >= 15 is 0 Å². The van der Waals surface area contributed by atoms with E-state index in [0.717, 1.165) is 23.2 Å². The second kappa shape index (κ2) is 8.64. The van der Waals surface area contributed by atoms with Gasteiger partial charge in [-0.1, -0.05) is 30.0 Å². The van der Waals surface area contributed by atoms with Gasteiger partial charge < -0.3 is 10.1 Å². The summed E-state index contributed by atoms with van der Waals surface area (Å²) in [6, 6.07) is 6.03. The predicted molar refractivity (Wildman–Crippen MR) is 88.9 cm³/mol. The van der Waals surface area contributed by atoms with Gasteiger partial charge in [0, 0.05) is 20.3 Å². The number of methoxy groups -OCH3 is 1. The van der Waals surface area contributed by atoms with Gasteiger partial charge in [-0.3, -0.25) is 4.79 Å². The molecular formula is C15H21N5O2S. The SMILES string of the molecule is COCCCNC(=O)CSc1nnnn1-c1c(C)cccc1C. The van der Waals surface area contributed by atoms with E-state index < -0.39 is 0 Å². The van der Waals surface area contributed by atoms with Crippen LogP contribution in [0.15, 0.2) is 23.4 Å². The summed E-state index contributed by atoms with van der Waals surface area (Å²) >= 11 is 1.32. The predicted octanol–water partition coefficient (Wildman–Crippen LogP) is 1.52. The Kier molecular flexibility index (Phi) is 6.54. The van der Waals surface area contributed by atoms with Crippen molar-refractivity contribution in [2.45, 2.75) is 25.4 Å². The van der Waals surface area contributed by atoms with Gasteiger partial charge in [0.05, 0.1) is 11.4 Å². The number of carbonyl (C=O) groups is 1. The molecule has 2 aromatic rings. The molecule has 0 saturated heterocycles. The highest BCUT2D eigenvalue weighted by Gasteiger charge is 2.14. The van der Waals surface area contributed by atoms with E-state index in [2.05, 4.69) is 20.8 Å². The minimum atomic E-state index is -0.0397. The molecule has 8 heteroatoms. The second-order valence-corrected chi connectivity index (χ2v) is 6.04. The Balaban J connectivity index is 1.98. The number of para-hydroxylation sites is 1. The molecule has 23 heavy (non-hydrogen) atoms. The molecule has 0 saturated carbocycles. The van der Waals surface area contributed by atoms with E-state index in [4.69, 9.17) is 4.74 Å². The number of benzene rings is 1. The van der Waals surface area contributed by atoms with Crippen LogP contribution in [0.2, 0.25) is 0 Å². The monoisotopic (exact) mass is 335 g/mol. The van der Waals surface area contributed by atoms with Gasteiger partial charge >= 0.3 is 0 Å². The number of rotatable bonds is 8. The third-order valence-corrected chi connectivity index (χ3v) is 4.19. The van der Waals surface area contributed by atoms with Gasteiger partial charge in [-0.15, -0.1) is 5.10 Å². The van der Waals surface area contributed by atoms with Crippen molar-refractivity contribution in [3.8, 4) is 5.69 Å². The molecule has 7 nitrogen and oxygen atoms in total. The van der Waals surface area contributed by atoms with Crippen LogP contribution in [-0.2, 0) is 9.53 Å². The minimum absolute atomic E-state index is 0.0397. The summed E-state index contributed by atoms with van der Waals surface area (Å²) in [5.74, 6) is 0.236. The summed E-state index contributed by atoms with van der Waals surface area (Å²) < 4.78 is 6.63. The molecule has 124 valence electrons. The van der Waals surface area contributed by atoms with Gasteiger partial charge in [-0.05, 0) is 41.8 Å². The lowest BCUT2D eigenvalue weighted by molar-refractivity contribution is -0.118. The minimum Gasteiger partial charge on any atom is -0.385 e. The van der Waals surface area contributed by atoms with Crippen molar-refractivity contribution in [3.63, 3.8) is 0 Å². The first-order chi connectivity index (χ1) is 11.1. The lowest BCUT2D eigenvalue weighted by atomic mass is 10.1. The van der Waals surface area contributed by atoms with Crippen LogP contribution in [0.5, 0.6) is 0 Å². The molecule has 2 rings (SSSR count).